The SMILES string of the molecule is CC(C)=CCC/C(C)=C/CC/C(=C/CCC1=CC(=O)OC1O)CO. The first kappa shape index (κ1) is 20.4. The van der Waals surface area contributed by atoms with Crippen molar-refractivity contribution in [2.24, 2.45) is 0 Å². The molecule has 1 aliphatic rings. The fourth-order valence-corrected chi connectivity index (χ4v) is 2.52. The lowest BCUT2D eigenvalue weighted by Crippen LogP contribution is -2.09. The number of rotatable bonds is 10. The van der Waals surface area contributed by atoms with Gasteiger partial charge in [-0.05, 0) is 64.9 Å². The van der Waals surface area contributed by atoms with E-state index in [4.69, 9.17) is 0 Å². The minimum atomic E-state index is -1.10. The lowest BCUT2D eigenvalue weighted by Gasteiger charge is -2.07. The number of cyclic esters (lactones) is 1. The van der Waals surface area contributed by atoms with Crippen LogP contribution in [0.4, 0.5) is 0 Å². The molecule has 1 aliphatic heterocycles. The van der Waals surface area contributed by atoms with E-state index < -0.39 is 12.3 Å². The molecule has 0 aromatic rings. The van der Waals surface area contributed by atoms with Crippen LogP contribution in [0.15, 0.2) is 46.6 Å². The number of allylic oxidation sites excluding steroid dienone is 5. The number of esters is 1. The standard InChI is InChI=1S/C20H30O4/c1-15(2)7-4-8-16(3)9-5-10-17(14-21)11-6-12-18-13-19(22)24-20(18)23/h7,9,11,13,20-21,23H,4-6,8,10,12,14H2,1-3H3/b16-9+,17-11-. The molecule has 0 fully saturated rings. The summed E-state index contributed by atoms with van der Waals surface area (Å²) in [6.45, 7) is 6.41. The van der Waals surface area contributed by atoms with E-state index in [1.165, 1.54) is 17.2 Å². The fraction of sp³-hybridized carbons (Fsp3) is 0.550. The summed E-state index contributed by atoms with van der Waals surface area (Å²) in [6.07, 6.45) is 11.8. The lowest BCUT2D eigenvalue weighted by molar-refractivity contribution is -0.151. The summed E-state index contributed by atoms with van der Waals surface area (Å²) in [7, 11) is 0. The molecule has 0 spiro atoms. The summed E-state index contributed by atoms with van der Waals surface area (Å²) in [5, 5.41) is 18.9. The molecule has 0 radical (unpaired) electrons. The number of carbonyl (C=O) groups excluding carboxylic acids is 1. The molecule has 4 nitrogen and oxygen atoms in total. The summed E-state index contributed by atoms with van der Waals surface area (Å²) >= 11 is 0. The molecule has 0 aromatic heterocycles. The molecule has 1 unspecified atom stereocenters. The van der Waals surface area contributed by atoms with E-state index in [2.05, 4.69) is 37.7 Å². The average Bonchev–Trinajstić information content (AvgIpc) is 2.83. The van der Waals surface area contributed by atoms with Gasteiger partial charge in [-0.15, -0.1) is 0 Å². The van der Waals surface area contributed by atoms with E-state index in [9.17, 15) is 15.0 Å². The van der Waals surface area contributed by atoms with Gasteiger partial charge in [-0.25, -0.2) is 4.79 Å². The Morgan fingerprint density at radius 2 is 1.83 bits per heavy atom. The van der Waals surface area contributed by atoms with Crippen molar-refractivity contribution >= 4 is 5.97 Å². The summed E-state index contributed by atoms with van der Waals surface area (Å²) in [6, 6.07) is 0. The highest BCUT2D eigenvalue weighted by molar-refractivity contribution is 5.85. The maximum Gasteiger partial charge on any atom is 0.333 e. The average molecular weight is 334 g/mol. The number of ether oxygens (including phenoxy) is 1. The van der Waals surface area contributed by atoms with E-state index in [-0.39, 0.29) is 6.61 Å². The molecular weight excluding hydrogens is 304 g/mol. The van der Waals surface area contributed by atoms with Crippen LogP contribution in [0.1, 0.15) is 59.3 Å². The van der Waals surface area contributed by atoms with Crippen molar-refractivity contribution < 1.29 is 19.7 Å². The third kappa shape index (κ3) is 8.27. The van der Waals surface area contributed by atoms with Gasteiger partial charge >= 0.3 is 5.97 Å². The maximum atomic E-state index is 11.0. The molecule has 0 bridgehead atoms. The monoisotopic (exact) mass is 334 g/mol. The van der Waals surface area contributed by atoms with Crippen LogP contribution in [0.25, 0.3) is 0 Å². The molecule has 0 saturated heterocycles. The largest absolute Gasteiger partial charge is 0.429 e. The van der Waals surface area contributed by atoms with Gasteiger partial charge in [-0.1, -0.05) is 29.4 Å². The van der Waals surface area contributed by atoms with Gasteiger partial charge in [0.2, 0.25) is 6.29 Å². The van der Waals surface area contributed by atoms with Crippen LogP contribution >= 0.6 is 0 Å². The number of aliphatic hydroxyl groups is 2. The first-order chi connectivity index (χ1) is 11.4. The van der Waals surface area contributed by atoms with E-state index in [0.29, 0.717) is 18.4 Å². The van der Waals surface area contributed by atoms with Gasteiger partial charge in [0.05, 0.1) is 6.61 Å². The smallest absolute Gasteiger partial charge is 0.333 e. The molecule has 0 aromatic carbocycles. The summed E-state index contributed by atoms with van der Waals surface area (Å²) in [5.41, 5.74) is 4.31. The van der Waals surface area contributed by atoms with Crippen LogP contribution < -0.4 is 0 Å². The molecule has 1 rings (SSSR count). The van der Waals surface area contributed by atoms with Crippen molar-refractivity contribution in [1.29, 1.82) is 0 Å². The Morgan fingerprint density at radius 3 is 2.42 bits per heavy atom. The predicted molar refractivity (Wildman–Crippen MR) is 96.2 cm³/mol. The number of carbonyl (C=O) groups is 1. The third-order valence-corrected chi connectivity index (χ3v) is 3.97. The van der Waals surface area contributed by atoms with Crippen LogP contribution in [0, 0.1) is 0 Å². The number of hydrogen-bond donors (Lipinski definition) is 2. The molecular formula is C20H30O4. The van der Waals surface area contributed by atoms with E-state index in [0.717, 1.165) is 31.3 Å². The van der Waals surface area contributed by atoms with Gasteiger partial charge < -0.3 is 14.9 Å². The Bertz CT molecular complexity index is 534. The van der Waals surface area contributed by atoms with Crippen LogP contribution in [-0.2, 0) is 9.53 Å². The third-order valence-electron chi connectivity index (χ3n) is 3.97. The molecule has 134 valence electrons. The highest BCUT2D eigenvalue weighted by atomic mass is 16.6. The van der Waals surface area contributed by atoms with Gasteiger partial charge in [-0.3, -0.25) is 0 Å². The highest BCUT2D eigenvalue weighted by Crippen LogP contribution is 2.19. The van der Waals surface area contributed by atoms with Gasteiger partial charge in [-0.2, -0.15) is 0 Å². The molecule has 1 atom stereocenters. The Labute approximate surface area is 145 Å². The van der Waals surface area contributed by atoms with Crippen molar-refractivity contribution in [3.05, 3.63) is 46.6 Å². The number of hydrogen-bond acceptors (Lipinski definition) is 4. The summed E-state index contributed by atoms with van der Waals surface area (Å²) in [4.78, 5) is 11.0. The second-order valence-corrected chi connectivity index (χ2v) is 6.48. The van der Waals surface area contributed by atoms with Crippen LogP contribution in [-0.4, -0.2) is 29.1 Å². The van der Waals surface area contributed by atoms with Crippen LogP contribution in [0.2, 0.25) is 0 Å². The zero-order valence-corrected chi connectivity index (χ0v) is 15.0. The molecule has 24 heavy (non-hydrogen) atoms. The first-order valence-corrected chi connectivity index (χ1v) is 8.59. The zero-order chi connectivity index (χ0) is 17.9. The highest BCUT2D eigenvalue weighted by Gasteiger charge is 2.22. The van der Waals surface area contributed by atoms with E-state index in [1.54, 1.807) is 0 Å². The Kier molecular flexibility index (Phi) is 9.35. The second-order valence-electron chi connectivity index (χ2n) is 6.48. The summed E-state index contributed by atoms with van der Waals surface area (Å²) in [5.74, 6) is -0.488. The van der Waals surface area contributed by atoms with Crippen molar-refractivity contribution in [3.8, 4) is 0 Å². The maximum absolute atomic E-state index is 11.0. The fourth-order valence-electron chi connectivity index (χ4n) is 2.52. The second kappa shape index (κ2) is 11.0. The molecule has 0 saturated carbocycles. The van der Waals surface area contributed by atoms with E-state index in [1.807, 2.05) is 6.08 Å². The van der Waals surface area contributed by atoms with Crippen LogP contribution in [0.5, 0.6) is 0 Å². The quantitative estimate of drug-likeness (QED) is 0.469. The van der Waals surface area contributed by atoms with Crippen molar-refractivity contribution in [3.63, 3.8) is 0 Å². The Hall–Kier alpha value is -1.65. The first-order valence-electron chi connectivity index (χ1n) is 8.59. The minimum absolute atomic E-state index is 0.0433. The molecule has 1 heterocycles. The predicted octanol–water partition coefficient (Wildman–Crippen LogP) is 3.96. The normalized spacial score (nSPS) is 18.5. The topological polar surface area (TPSA) is 66.8 Å². The Balaban J connectivity index is 2.34. The molecule has 0 amide bonds. The van der Waals surface area contributed by atoms with Gasteiger partial charge in [0, 0.05) is 11.6 Å². The van der Waals surface area contributed by atoms with Gasteiger partial charge in [0.1, 0.15) is 0 Å². The minimum Gasteiger partial charge on any atom is -0.429 e. The lowest BCUT2D eigenvalue weighted by atomic mass is 10.0. The Morgan fingerprint density at radius 1 is 1.12 bits per heavy atom. The summed E-state index contributed by atoms with van der Waals surface area (Å²) < 4.78 is 4.64. The molecule has 4 heteroatoms. The van der Waals surface area contributed by atoms with Gasteiger partial charge in [0.15, 0.2) is 0 Å². The van der Waals surface area contributed by atoms with Crippen molar-refractivity contribution in [2.75, 3.05) is 6.61 Å². The van der Waals surface area contributed by atoms with E-state index >= 15 is 0 Å². The van der Waals surface area contributed by atoms with Crippen LogP contribution in [0.3, 0.4) is 0 Å². The van der Waals surface area contributed by atoms with Crippen molar-refractivity contribution in [1.82, 2.24) is 0 Å². The molecule has 0 aliphatic carbocycles. The van der Waals surface area contributed by atoms with Gasteiger partial charge in [0.25, 0.3) is 0 Å². The zero-order valence-electron chi connectivity index (χ0n) is 15.0. The van der Waals surface area contributed by atoms with Crippen molar-refractivity contribution in [2.45, 2.75) is 65.6 Å². The molecule has 2 N–H and O–H groups in total. The number of aliphatic hydroxyl groups excluding tert-OH is 2.